The van der Waals surface area contributed by atoms with Crippen molar-refractivity contribution in [2.75, 3.05) is 39.3 Å². The van der Waals surface area contributed by atoms with Gasteiger partial charge < -0.3 is 5.11 Å². The molecule has 10 heteroatoms. The van der Waals surface area contributed by atoms with E-state index >= 15 is 0 Å². The number of hydrogen-bond acceptors (Lipinski definition) is 4. The minimum atomic E-state index is -4.72. The Bertz CT molecular complexity index is 659. The average molecular weight is 373 g/mol. The van der Waals surface area contributed by atoms with Crippen LogP contribution < -0.4 is 0 Å². The SMILES string of the molecule is O=S(=O)(c1ccc(Cl)c(C(F)(F)F)c1)N1CCN(CCO)CC1. The van der Waals surface area contributed by atoms with E-state index in [9.17, 15) is 21.6 Å². The van der Waals surface area contributed by atoms with Gasteiger partial charge in [0.25, 0.3) is 0 Å². The summed E-state index contributed by atoms with van der Waals surface area (Å²) in [6.07, 6.45) is -4.72. The van der Waals surface area contributed by atoms with Gasteiger partial charge in [-0.05, 0) is 18.2 Å². The number of hydrogen-bond donors (Lipinski definition) is 1. The van der Waals surface area contributed by atoms with Crippen molar-refractivity contribution in [3.8, 4) is 0 Å². The van der Waals surface area contributed by atoms with Crippen molar-refractivity contribution in [1.82, 2.24) is 9.21 Å². The van der Waals surface area contributed by atoms with Gasteiger partial charge in [-0.2, -0.15) is 17.5 Å². The van der Waals surface area contributed by atoms with Gasteiger partial charge in [-0.15, -0.1) is 0 Å². The van der Waals surface area contributed by atoms with E-state index < -0.39 is 31.7 Å². The topological polar surface area (TPSA) is 60.9 Å². The molecule has 5 nitrogen and oxygen atoms in total. The molecule has 1 aliphatic heterocycles. The fraction of sp³-hybridized carbons (Fsp3) is 0.538. The second kappa shape index (κ2) is 6.94. The van der Waals surface area contributed by atoms with Crippen molar-refractivity contribution in [2.24, 2.45) is 0 Å². The first kappa shape index (κ1) is 18.5. The summed E-state index contributed by atoms with van der Waals surface area (Å²) < 4.78 is 64.7. The number of halogens is 4. The normalized spacial score (nSPS) is 18.3. The Morgan fingerprint density at radius 3 is 2.30 bits per heavy atom. The molecule has 0 atom stereocenters. The minimum Gasteiger partial charge on any atom is -0.395 e. The Labute approximate surface area is 137 Å². The molecule has 1 aromatic carbocycles. The zero-order chi connectivity index (χ0) is 17.3. The van der Waals surface area contributed by atoms with E-state index in [-0.39, 0.29) is 19.7 Å². The molecular formula is C13H16ClF3N2O3S. The standard InChI is InChI=1S/C13H16ClF3N2O3S/c14-12-2-1-10(9-11(12)13(15,16)17)23(21,22)19-5-3-18(4-6-19)7-8-20/h1-2,9,20H,3-8H2. The molecule has 1 saturated heterocycles. The summed E-state index contributed by atoms with van der Waals surface area (Å²) in [6.45, 7) is 1.56. The first-order valence-corrected chi connectivity index (χ1v) is 8.68. The molecule has 1 fully saturated rings. The molecule has 23 heavy (non-hydrogen) atoms. The Kier molecular flexibility index (Phi) is 5.57. The van der Waals surface area contributed by atoms with Crippen molar-refractivity contribution in [2.45, 2.75) is 11.1 Å². The monoisotopic (exact) mass is 372 g/mol. The minimum absolute atomic E-state index is 0.0289. The fourth-order valence-electron chi connectivity index (χ4n) is 2.37. The molecule has 0 bridgehead atoms. The zero-order valence-corrected chi connectivity index (χ0v) is 13.6. The lowest BCUT2D eigenvalue weighted by molar-refractivity contribution is -0.137. The van der Waals surface area contributed by atoms with Gasteiger partial charge in [0.2, 0.25) is 10.0 Å². The lowest BCUT2D eigenvalue weighted by atomic mass is 10.2. The zero-order valence-electron chi connectivity index (χ0n) is 12.1. The number of alkyl halides is 3. The lowest BCUT2D eigenvalue weighted by Crippen LogP contribution is -2.49. The fourth-order valence-corrected chi connectivity index (χ4v) is 4.04. The van der Waals surface area contributed by atoms with Crippen molar-refractivity contribution < 1.29 is 26.7 Å². The molecule has 0 spiro atoms. The first-order valence-electron chi connectivity index (χ1n) is 6.86. The average Bonchev–Trinajstić information content (AvgIpc) is 2.47. The highest BCUT2D eigenvalue weighted by Gasteiger charge is 2.36. The molecule has 1 N–H and O–H groups in total. The summed E-state index contributed by atoms with van der Waals surface area (Å²) in [5, 5.41) is 8.32. The molecule has 1 heterocycles. The van der Waals surface area contributed by atoms with E-state index in [1.165, 1.54) is 0 Å². The number of aliphatic hydroxyl groups is 1. The molecule has 130 valence electrons. The summed E-state index contributed by atoms with van der Waals surface area (Å²) >= 11 is 5.51. The predicted molar refractivity (Wildman–Crippen MR) is 78.7 cm³/mol. The molecule has 0 saturated carbocycles. The van der Waals surface area contributed by atoms with Crippen molar-refractivity contribution in [3.63, 3.8) is 0 Å². The maximum Gasteiger partial charge on any atom is 0.417 e. The molecule has 0 aromatic heterocycles. The van der Waals surface area contributed by atoms with Gasteiger partial charge in [0.05, 0.1) is 22.1 Å². The van der Waals surface area contributed by atoms with Crippen molar-refractivity contribution >= 4 is 21.6 Å². The molecule has 1 aromatic rings. The van der Waals surface area contributed by atoms with Gasteiger partial charge in [-0.1, -0.05) is 11.6 Å². The number of nitrogens with zero attached hydrogens (tertiary/aromatic N) is 2. The smallest absolute Gasteiger partial charge is 0.395 e. The van der Waals surface area contributed by atoms with Crippen LogP contribution in [0.2, 0.25) is 5.02 Å². The van der Waals surface area contributed by atoms with Crippen LogP contribution in [0.3, 0.4) is 0 Å². The van der Waals surface area contributed by atoms with E-state index in [2.05, 4.69) is 0 Å². The quantitative estimate of drug-likeness (QED) is 0.873. The second-order valence-corrected chi connectivity index (χ2v) is 7.45. The third kappa shape index (κ3) is 4.16. The number of aliphatic hydroxyl groups excluding tert-OH is 1. The van der Waals surface area contributed by atoms with Gasteiger partial charge in [-0.3, -0.25) is 4.90 Å². The van der Waals surface area contributed by atoms with E-state index in [4.69, 9.17) is 16.7 Å². The van der Waals surface area contributed by atoms with Crippen LogP contribution in [0.15, 0.2) is 23.1 Å². The van der Waals surface area contributed by atoms with Crippen LogP contribution in [0, 0.1) is 0 Å². The van der Waals surface area contributed by atoms with E-state index in [1.807, 2.05) is 4.90 Å². The second-order valence-electron chi connectivity index (χ2n) is 5.11. The number of β-amino-alcohol motifs (C(OH)–C–C–N with tert-alkyl or cyclic N) is 1. The summed E-state index contributed by atoms with van der Waals surface area (Å²) in [5.74, 6) is 0. The largest absolute Gasteiger partial charge is 0.417 e. The van der Waals surface area contributed by atoms with Crippen LogP contribution in [-0.2, 0) is 16.2 Å². The van der Waals surface area contributed by atoms with Crippen LogP contribution in [0.1, 0.15) is 5.56 Å². The van der Waals surface area contributed by atoms with Crippen LogP contribution in [0.5, 0.6) is 0 Å². The molecule has 1 aliphatic rings. The molecular weight excluding hydrogens is 357 g/mol. The highest BCUT2D eigenvalue weighted by atomic mass is 35.5. The summed E-state index contributed by atoms with van der Waals surface area (Å²) in [6, 6.07) is 2.59. The first-order chi connectivity index (χ1) is 10.7. The number of piperazine rings is 1. The lowest BCUT2D eigenvalue weighted by Gasteiger charge is -2.33. The van der Waals surface area contributed by atoms with Crippen molar-refractivity contribution in [3.05, 3.63) is 28.8 Å². The Morgan fingerprint density at radius 1 is 1.17 bits per heavy atom. The van der Waals surface area contributed by atoms with E-state index in [1.54, 1.807) is 0 Å². The van der Waals surface area contributed by atoms with E-state index in [0.29, 0.717) is 25.7 Å². The maximum atomic E-state index is 12.9. The number of benzene rings is 1. The third-order valence-electron chi connectivity index (χ3n) is 3.63. The maximum absolute atomic E-state index is 12.9. The van der Waals surface area contributed by atoms with Gasteiger partial charge in [-0.25, -0.2) is 8.42 Å². The molecule has 0 aliphatic carbocycles. The molecule has 0 radical (unpaired) electrons. The van der Waals surface area contributed by atoms with E-state index in [0.717, 1.165) is 16.4 Å². The van der Waals surface area contributed by atoms with Crippen molar-refractivity contribution in [1.29, 1.82) is 0 Å². The molecule has 0 unspecified atom stereocenters. The summed E-state index contributed by atoms with van der Waals surface area (Å²) in [4.78, 5) is 1.46. The third-order valence-corrected chi connectivity index (χ3v) is 5.85. The molecule has 2 rings (SSSR count). The van der Waals surface area contributed by atoms with Crippen LogP contribution in [-0.4, -0.2) is 62.1 Å². The highest BCUT2D eigenvalue weighted by Crippen LogP contribution is 2.36. The van der Waals surface area contributed by atoms with Gasteiger partial charge in [0.1, 0.15) is 0 Å². The Balaban J connectivity index is 2.24. The highest BCUT2D eigenvalue weighted by molar-refractivity contribution is 7.89. The number of rotatable bonds is 4. The summed E-state index contributed by atoms with van der Waals surface area (Å²) in [7, 11) is -4.01. The van der Waals surface area contributed by atoms with Gasteiger partial charge in [0, 0.05) is 32.7 Å². The van der Waals surface area contributed by atoms with Crippen LogP contribution >= 0.6 is 11.6 Å². The Morgan fingerprint density at radius 2 is 1.78 bits per heavy atom. The predicted octanol–water partition coefficient (Wildman–Crippen LogP) is 1.66. The van der Waals surface area contributed by atoms with Crippen LogP contribution in [0.25, 0.3) is 0 Å². The van der Waals surface area contributed by atoms with Gasteiger partial charge in [0.15, 0.2) is 0 Å². The number of sulfonamides is 1. The summed E-state index contributed by atoms with van der Waals surface area (Å²) in [5.41, 5.74) is -1.17. The molecule has 0 amide bonds. The van der Waals surface area contributed by atoms with Crippen LogP contribution in [0.4, 0.5) is 13.2 Å². The van der Waals surface area contributed by atoms with Gasteiger partial charge >= 0.3 is 6.18 Å². The Hall–Kier alpha value is -0.870.